The minimum atomic E-state index is -0.341. The normalized spacial score (nSPS) is 13.8. The molecule has 0 aliphatic rings. The third-order valence-corrected chi connectivity index (χ3v) is 5.03. The monoisotopic (exact) mass is 339 g/mol. The number of alkyl halides is 1. The Labute approximate surface area is 137 Å². The van der Waals surface area contributed by atoms with Crippen LogP contribution in [0.1, 0.15) is 37.0 Å². The number of imidazole rings is 1. The molecular weight excluding hydrogens is 325 g/mol. The topological polar surface area (TPSA) is 30.7 Å². The lowest BCUT2D eigenvalue weighted by Crippen LogP contribution is -2.29. The summed E-state index contributed by atoms with van der Waals surface area (Å²) < 4.78 is 2.14. The zero-order valence-electron chi connectivity index (χ0n) is 12.0. The van der Waals surface area contributed by atoms with Crippen LogP contribution in [0.3, 0.4) is 0 Å². The molecule has 1 atom stereocenters. The molecule has 1 unspecified atom stereocenters. The molecule has 0 amide bonds. The molecule has 2 heterocycles. The van der Waals surface area contributed by atoms with Gasteiger partial charge in [0.1, 0.15) is 10.8 Å². The largest absolute Gasteiger partial charge is 0.314 e. The molecule has 6 heteroatoms. The third kappa shape index (κ3) is 2.45. The maximum Gasteiger partial charge on any atom is 0.128 e. The zero-order chi connectivity index (χ0) is 15.2. The summed E-state index contributed by atoms with van der Waals surface area (Å²) >= 11 is 14.1. The Kier molecular flexibility index (Phi) is 3.72. The van der Waals surface area contributed by atoms with Crippen molar-refractivity contribution < 1.29 is 0 Å². The van der Waals surface area contributed by atoms with Gasteiger partial charge in [-0.1, -0.05) is 11.6 Å². The van der Waals surface area contributed by atoms with E-state index in [2.05, 4.69) is 28.4 Å². The molecule has 0 saturated heterocycles. The molecule has 3 aromatic rings. The van der Waals surface area contributed by atoms with Gasteiger partial charge in [-0.3, -0.25) is 0 Å². The van der Waals surface area contributed by atoms with Crippen LogP contribution >= 0.6 is 34.5 Å². The summed E-state index contributed by atoms with van der Waals surface area (Å²) in [5, 5.41) is 3.48. The molecule has 3 rings (SSSR count). The molecule has 2 aromatic heterocycles. The SMILES string of the molecule is CC(Cl)c1nc2ccc(Cl)cc2n1C(C)(C)c1nccs1. The molecule has 110 valence electrons. The summed E-state index contributed by atoms with van der Waals surface area (Å²) in [7, 11) is 0. The van der Waals surface area contributed by atoms with Gasteiger partial charge in [-0.15, -0.1) is 22.9 Å². The third-order valence-electron chi connectivity index (χ3n) is 3.51. The molecule has 0 saturated carbocycles. The minimum Gasteiger partial charge on any atom is -0.314 e. The quantitative estimate of drug-likeness (QED) is 0.611. The fourth-order valence-electron chi connectivity index (χ4n) is 2.54. The van der Waals surface area contributed by atoms with Gasteiger partial charge < -0.3 is 4.57 Å². The number of benzene rings is 1. The number of rotatable bonds is 3. The molecule has 0 N–H and O–H groups in total. The van der Waals surface area contributed by atoms with Gasteiger partial charge in [-0.05, 0) is 39.0 Å². The van der Waals surface area contributed by atoms with Crippen molar-refractivity contribution in [1.82, 2.24) is 14.5 Å². The maximum atomic E-state index is 6.35. The standard InChI is InChI=1S/C15H15Cl2N3S/c1-9(16)13-19-11-5-4-10(17)8-12(11)20(13)15(2,3)14-18-6-7-21-14/h4-9H,1-3H3. The Morgan fingerprint density at radius 1 is 1.33 bits per heavy atom. The molecule has 21 heavy (non-hydrogen) atoms. The van der Waals surface area contributed by atoms with Crippen LogP contribution in [-0.2, 0) is 5.54 Å². The summed E-state index contributed by atoms with van der Waals surface area (Å²) in [4.78, 5) is 9.15. The first-order chi connectivity index (χ1) is 9.91. The highest BCUT2D eigenvalue weighted by Gasteiger charge is 2.31. The van der Waals surface area contributed by atoms with Crippen molar-refractivity contribution in [2.45, 2.75) is 31.7 Å². The number of nitrogens with zero attached hydrogens (tertiary/aromatic N) is 3. The van der Waals surface area contributed by atoms with Gasteiger partial charge in [0, 0.05) is 16.6 Å². The van der Waals surface area contributed by atoms with E-state index in [1.807, 2.05) is 36.7 Å². The number of hydrogen-bond donors (Lipinski definition) is 0. The molecule has 0 fully saturated rings. The van der Waals surface area contributed by atoms with Crippen LogP contribution in [0.5, 0.6) is 0 Å². The highest BCUT2D eigenvalue weighted by molar-refractivity contribution is 7.09. The van der Waals surface area contributed by atoms with Crippen LogP contribution in [0.4, 0.5) is 0 Å². The van der Waals surface area contributed by atoms with Crippen LogP contribution in [0.25, 0.3) is 11.0 Å². The molecule has 3 nitrogen and oxygen atoms in total. The van der Waals surface area contributed by atoms with E-state index in [4.69, 9.17) is 23.2 Å². The predicted molar refractivity (Wildman–Crippen MR) is 89.5 cm³/mol. The van der Waals surface area contributed by atoms with Crippen molar-refractivity contribution in [3.63, 3.8) is 0 Å². The van der Waals surface area contributed by atoms with Crippen molar-refractivity contribution in [2.75, 3.05) is 0 Å². The molecule has 0 bridgehead atoms. The van der Waals surface area contributed by atoms with Gasteiger partial charge in [0.25, 0.3) is 0 Å². The van der Waals surface area contributed by atoms with Gasteiger partial charge in [0.05, 0.1) is 21.9 Å². The molecule has 0 aliphatic heterocycles. The van der Waals surface area contributed by atoms with E-state index in [0.717, 1.165) is 21.9 Å². The van der Waals surface area contributed by atoms with E-state index < -0.39 is 0 Å². The number of fused-ring (bicyclic) bond motifs is 1. The van der Waals surface area contributed by atoms with Gasteiger partial charge in [-0.25, -0.2) is 9.97 Å². The Hall–Kier alpha value is -1.10. The van der Waals surface area contributed by atoms with Gasteiger partial charge in [0.15, 0.2) is 0 Å². The smallest absolute Gasteiger partial charge is 0.128 e. The van der Waals surface area contributed by atoms with Crippen LogP contribution in [0, 0.1) is 0 Å². The average molecular weight is 340 g/mol. The summed E-state index contributed by atoms with van der Waals surface area (Å²) in [6, 6.07) is 5.71. The number of thiazole rings is 1. The number of halogens is 2. The second-order valence-corrected chi connectivity index (χ2v) is 7.44. The Morgan fingerprint density at radius 3 is 2.71 bits per heavy atom. The van der Waals surface area contributed by atoms with Crippen LogP contribution in [0.2, 0.25) is 5.02 Å². The summed E-state index contributed by atoms with van der Waals surface area (Å²) in [6.07, 6.45) is 1.82. The van der Waals surface area contributed by atoms with Gasteiger partial charge in [-0.2, -0.15) is 0 Å². The zero-order valence-corrected chi connectivity index (χ0v) is 14.3. The summed E-state index contributed by atoms with van der Waals surface area (Å²) in [5.41, 5.74) is 1.53. The fourth-order valence-corrected chi connectivity index (χ4v) is 3.61. The number of aromatic nitrogens is 3. The van der Waals surface area contributed by atoms with Crippen molar-refractivity contribution >= 4 is 45.6 Å². The Balaban J connectivity index is 2.34. The second-order valence-electron chi connectivity index (χ2n) is 5.45. The van der Waals surface area contributed by atoms with Crippen molar-refractivity contribution in [2.24, 2.45) is 0 Å². The van der Waals surface area contributed by atoms with Crippen molar-refractivity contribution in [3.8, 4) is 0 Å². The van der Waals surface area contributed by atoms with Crippen molar-refractivity contribution in [3.05, 3.63) is 45.6 Å². The lowest BCUT2D eigenvalue weighted by molar-refractivity contribution is 0.429. The highest BCUT2D eigenvalue weighted by Crippen LogP contribution is 2.36. The van der Waals surface area contributed by atoms with E-state index in [9.17, 15) is 0 Å². The predicted octanol–water partition coefficient (Wildman–Crippen LogP) is 5.23. The number of hydrogen-bond acceptors (Lipinski definition) is 3. The Morgan fingerprint density at radius 2 is 2.10 bits per heavy atom. The molecular formula is C15H15Cl2N3S. The van der Waals surface area contributed by atoms with Crippen LogP contribution in [-0.4, -0.2) is 14.5 Å². The molecule has 0 spiro atoms. The first kappa shape index (κ1) is 14.8. The lowest BCUT2D eigenvalue weighted by Gasteiger charge is -2.28. The molecule has 0 radical (unpaired) electrons. The first-order valence-electron chi connectivity index (χ1n) is 6.63. The van der Waals surface area contributed by atoms with E-state index in [0.29, 0.717) is 5.02 Å². The maximum absolute atomic E-state index is 6.35. The second kappa shape index (κ2) is 5.27. The van der Waals surface area contributed by atoms with E-state index in [1.165, 1.54) is 0 Å². The van der Waals surface area contributed by atoms with E-state index >= 15 is 0 Å². The van der Waals surface area contributed by atoms with Crippen molar-refractivity contribution in [1.29, 1.82) is 0 Å². The molecule has 1 aromatic carbocycles. The van der Waals surface area contributed by atoms with Gasteiger partial charge in [0.2, 0.25) is 0 Å². The van der Waals surface area contributed by atoms with E-state index in [1.54, 1.807) is 11.3 Å². The Bertz CT molecular complexity index is 776. The van der Waals surface area contributed by atoms with Gasteiger partial charge >= 0.3 is 0 Å². The fraction of sp³-hybridized carbons (Fsp3) is 0.333. The summed E-state index contributed by atoms with van der Waals surface area (Å²) in [6.45, 7) is 6.17. The minimum absolute atomic E-state index is 0.199. The van der Waals surface area contributed by atoms with E-state index in [-0.39, 0.29) is 10.9 Å². The molecule has 0 aliphatic carbocycles. The lowest BCUT2D eigenvalue weighted by atomic mass is 10.1. The van der Waals surface area contributed by atoms with Crippen LogP contribution in [0.15, 0.2) is 29.8 Å². The average Bonchev–Trinajstić information content (AvgIpc) is 3.05. The summed E-state index contributed by atoms with van der Waals surface area (Å²) in [5.74, 6) is 0.828. The highest BCUT2D eigenvalue weighted by atomic mass is 35.5. The van der Waals surface area contributed by atoms with Crippen LogP contribution < -0.4 is 0 Å². The first-order valence-corrected chi connectivity index (χ1v) is 8.33.